The quantitative estimate of drug-likeness (QED) is 0.182. The molecule has 0 fully saturated rings. The molecule has 50 valence electrons. The van der Waals surface area contributed by atoms with E-state index in [4.69, 9.17) is 0 Å². The van der Waals surface area contributed by atoms with Crippen molar-refractivity contribution in [3.05, 3.63) is 0 Å². The van der Waals surface area contributed by atoms with E-state index in [-0.39, 0.29) is 0 Å². The topological polar surface area (TPSA) is 24.1 Å². The van der Waals surface area contributed by atoms with Gasteiger partial charge in [-0.1, -0.05) is 25.0 Å². The molecule has 0 saturated heterocycles. The van der Waals surface area contributed by atoms with Crippen LogP contribution in [0, 0.1) is 0 Å². The number of hydrogen-bond donors (Lipinski definition) is 3. The molecule has 2 N–H and O–H groups in total. The van der Waals surface area contributed by atoms with Crippen LogP contribution in [0.3, 0.4) is 0 Å². The molecular formula is C4H12N2S2. The van der Waals surface area contributed by atoms with Gasteiger partial charge in [-0.15, -0.1) is 0 Å². The van der Waals surface area contributed by atoms with Gasteiger partial charge in [-0.05, 0) is 6.42 Å². The number of unbranched alkanes of at least 4 members (excludes halogenated alkanes) is 1. The highest BCUT2D eigenvalue weighted by molar-refractivity contribution is 8.67. The molecule has 0 saturated carbocycles. The van der Waals surface area contributed by atoms with E-state index in [1.54, 1.807) is 0 Å². The monoisotopic (exact) mass is 152 g/mol. The maximum atomic E-state index is 3.87. The van der Waals surface area contributed by atoms with Gasteiger partial charge in [0.05, 0.1) is 0 Å². The summed E-state index contributed by atoms with van der Waals surface area (Å²) < 4.78 is 0. The van der Waals surface area contributed by atoms with Gasteiger partial charge in [0.1, 0.15) is 0 Å². The second-order valence-corrected chi connectivity index (χ2v) is 2.41. The van der Waals surface area contributed by atoms with Gasteiger partial charge in [0.25, 0.3) is 0 Å². The molecular weight excluding hydrogens is 140 g/mol. The van der Waals surface area contributed by atoms with Crippen molar-refractivity contribution in [3.8, 4) is 0 Å². The molecule has 0 aromatic rings. The van der Waals surface area contributed by atoms with Crippen molar-refractivity contribution < 1.29 is 0 Å². The summed E-state index contributed by atoms with van der Waals surface area (Å²) in [5.74, 6) is 0. The van der Waals surface area contributed by atoms with Gasteiger partial charge in [-0.3, -0.25) is 0 Å². The van der Waals surface area contributed by atoms with E-state index in [2.05, 4.69) is 28.8 Å². The summed E-state index contributed by atoms with van der Waals surface area (Å²) in [6.45, 7) is 3.18. The van der Waals surface area contributed by atoms with Crippen molar-refractivity contribution in [2.75, 3.05) is 6.54 Å². The van der Waals surface area contributed by atoms with Gasteiger partial charge in [0.15, 0.2) is 0 Å². The molecule has 0 amide bonds. The lowest BCUT2D eigenvalue weighted by Crippen LogP contribution is -2.24. The van der Waals surface area contributed by atoms with Crippen molar-refractivity contribution in [1.82, 2.24) is 10.3 Å². The van der Waals surface area contributed by atoms with Crippen molar-refractivity contribution in [2.45, 2.75) is 19.8 Å². The molecule has 2 nitrogen and oxygen atoms in total. The average molecular weight is 152 g/mol. The zero-order valence-electron chi connectivity index (χ0n) is 4.98. The Hall–Kier alpha value is 0.620. The van der Waals surface area contributed by atoms with Crippen molar-refractivity contribution >= 4 is 22.6 Å². The van der Waals surface area contributed by atoms with Gasteiger partial charge >= 0.3 is 0 Å². The van der Waals surface area contributed by atoms with Crippen LogP contribution >= 0.6 is 22.6 Å². The Bertz CT molecular complexity index is 37.0. The zero-order chi connectivity index (χ0) is 6.24. The van der Waals surface area contributed by atoms with Crippen LogP contribution in [-0.2, 0) is 0 Å². The first-order valence-corrected chi connectivity index (χ1v) is 4.57. The number of thiol groups is 1. The van der Waals surface area contributed by atoms with Crippen LogP contribution in [0.2, 0.25) is 0 Å². The number of rotatable bonds is 5. The Morgan fingerprint density at radius 1 is 1.62 bits per heavy atom. The van der Waals surface area contributed by atoms with E-state index >= 15 is 0 Å². The third-order valence-electron chi connectivity index (χ3n) is 0.773. The normalized spacial score (nSPS) is 9.75. The largest absolute Gasteiger partial charge is 0.247 e. The Morgan fingerprint density at radius 3 is 2.88 bits per heavy atom. The summed E-state index contributed by atoms with van der Waals surface area (Å²) in [5, 5.41) is 0. The lowest BCUT2D eigenvalue weighted by atomic mass is 10.3. The predicted octanol–water partition coefficient (Wildman–Crippen LogP) is 1.37. The molecule has 0 radical (unpaired) electrons. The first-order valence-electron chi connectivity index (χ1n) is 2.70. The fourth-order valence-corrected chi connectivity index (χ4v) is 0.709. The fourth-order valence-electron chi connectivity index (χ4n) is 0.348. The molecule has 8 heavy (non-hydrogen) atoms. The van der Waals surface area contributed by atoms with Gasteiger partial charge in [0, 0.05) is 17.5 Å². The van der Waals surface area contributed by atoms with Crippen LogP contribution in [0.25, 0.3) is 0 Å². The Labute approximate surface area is 59.7 Å². The molecule has 0 rings (SSSR count). The van der Waals surface area contributed by atoms with Gasteiger partial charge < -0.3 is 0 Å². The lowest BCUT2D eigenvalue weighted by Gasteiger charge is -1.99. The van der Waals surface area contributed by atoms with Crippen molar-refractivity contribution in [1.29, 1.82) is 0 Å². The molecule has 0 aliphatic carbocycles. The Morgan fingerprint density at radius 2 is 2.38 bits per heavy atom. The van der Waals surface area contributed by atoms with Crippen molar-refractivity contribution in [3.63, 3.8) is 0 Å². The predicted molar refractivity (Wildman–Crippen MR) is 42.6 cm³/mol. The first-order chi connectivity index (χ1) is 3.91. The van der Waals surface area contributed by atoms with Crippen LogP contribution in [0.15, 0.2) is 0 Å². The minimum Gasteiger partial charge on any atom is -0.247 e. The molecule has 0 bridgehead atoms. The van der Waals surface area contributed by atoms with Crippen LogP contribution in [0.4, 0.5) is 0 Å². The molecule has 0 unspecified atom stereocenters. The highest BCUT2D eigenvalue weighted by Gasteiger charge is 1.79. The van der Waals surface area contributed by atoms with Gasteiger partial charge in [-0.25, -0.2) is 5.43 Å². The SMILES string of the molecule is CCCCNNSS. The molecule has 0 atom stereocenters. The van der Waals surface area contributed by atoms with Crippen LogP contribution < -0.4 is 10.3 Å². The summed E-state index contributed by atoms with van der Waals surface area (Å²) >= 11 is 3.87. The number of hydrogen-bond acceptors (Lipinski definition) is 4. The minimum absolute atomic E-state index is 1.02. The Balaban J connectivity index is 2.53. The highest BCUT2D eigenvalue weighted by Crippen LogP contribution is 1.93. The summed E-state index contributed by atoms with van der Waals surface area (Å²) in [5.41, 5.74) is 2.97. The minimum atomic E-state index is 1.02. The molecule has 4 heteroatoms. The summed E-state index contributed by atoms with van der Waals surface area (Å²) in [7, 11) is 1.29. The van der Waals surface area contributed by atoms with Gasteiger partial charge in [-0.2, -0.15) is 4.83 Å². The van der Waals surface area contributed by atoms with E-state index in [1.165, 1.54) is 23.8 Å². The standard InChI is InChI=1S/C4H12N2S2/c1-2-3-4-5-6-8-7/h5-7H,2-4H2,1H3. The van der Waals surface area contributed by atoms with E-state index in [9.17, 15) is 0 Å². The second-order valence-electron chi connectivity index (χ2n) is 1.47. The molecule has 0 spiro atoms. The van der Waals surface area contributed by atoms with Crippen LogP contribution in [0.5, 0.6) is 0 Å². The first kappa shape index (κ1) is 8.62. The summed E-state index contributed by atoms with van der Waals surface area (Å²) in [6, 6.07) is 0. The van der Waals surface area contributed by atoms with E-state index in [0.717, 1.165) is 6.54 Å². The molecule has 0 aliphatic rings. The van der Waals surface area contributed by atoms with Crippen LogP contribution in [-0.4, -0.2) is 6.54 Å². The van der Waals surface area contributed by atoms with E-state index < -0.39 is 0 Å². The maximum Gasteiger partial charge on any atom is 0.0109 e. The maximum absolute atomic E-state index is 3.87. The van der Waals surface area contributed by atoms with Crippen LogP contribution in [0.1, 0.15) is 19.8 Å². The Kier molecular flexibility index (Phi) is 8.21. The molecule has 0 aromatic carbocycles. The second kappa shape index (κ2) is 7.62. The molecule has 0 heterocycles. The summed E-state index contributed by atoms with van der Waals surface area (Å²) in [4.78, 5) is 2.81. The fraction of sp³-hybridized carbons (Fsp3) is 1.00. The number of hydrazine groups is 1. The smallest absolute Gasteiger partial charge is 0.0109 e. The molecule has 0 aliphatic heterocycles. The molecule has 0 aromatic heterocycles. The van der Waals surface area contributed by atoms with E-state index in [0.29, 0.717) is 0 Å². The zero-order valence-corrected chi connectivity index (χ0v) is 6.69. The van der Waals surface area contributed by atoms with Gasteiger partial charge in [0.2, 0.25) is 0 Å². The average Bonchev–Trinajstić information content (AvgIpc) is 1.81. The van der Waals surface area contributed by atoms with Crippen molar-refractivity contribution in [2.24, 2.45) is 0 Å². The van der Waals surface area contributed by atoms with E-state index in [1.807, 2.05) is 0 Å². The summed E-state index contributed by atoms with van der Waals surface area (Å²) in [6.07, 6.45) is 2.44. The third-order valence-corrected chi connectivity index (χ3v) is 1.28. The number of nitrogens with one attached hydrogen (secondary N) is 2. The lowest BCUT2D eigenvalue weighted by molar-refractivity contribution is 0.636. The highest BCUT2D eigenvalue weighted by atomic mass is 33.1. The third kappa shape index (κ3) is 6.62.